The van der Waals surface area contributed by atoms with E-state index in [9.17, 15) is 18.0 Å². The molecule has 0 aromatic heterocycles. The van der Waals surface area contributed by atoms with Crippen LogP contribution in [0.1, 0.15) is 6.42 Å². The van der Waals surface area contributed by atoms with Gasteiger partial charge in [-0.1, -0.05) is 0 Å². The van der Waals surface area contributed by atoms with Crippen LogP contribution in [0.3, 0.4) is 0 Å². The van der Waals surface area contributed by atoms with Crippen molar-refractivity contribution in [2.75, 3.05) is 20.8 Å². The molecule has 0 amide bonds. The number of alkyl halides is 3. The lowest BCUT2D eigenvalue weighted by Gasteiger charge is -2.06. The summed E-state index contributed by atoms with van der Waals surface area (Å²) in [4.78, 5) is 19.8. The van der Waals surface area contributed by atoms with Crippen molar-refractivity contribution in [2.24, 2.45) is 0 Å². The zero-order valence-corrected chi connectivity index (χ0v) is 9.78. The van der Waals surface area contributed by atoms with Gasteiger partial charge < -0.3 is 19.9 Å². The number of halogens is 3. The molecular formula is C9H14F3NO5. The fraction of sp³-hybridized carbons (Fsp3) is 0.778. The van der Waals surface area contributed by atoms with Crippen LogP contribution in [0.25, 0.3) is 0 Å². The van der Waals surface area contributed by atoms with Crippen molar-refractivity contribution in [1.29, 1.82) is 0 Å². The molecule has 0 aromatic rings. The first-order valence-electron chi connectivity index (χ1n) is 4.86. The monoisotopic (exact) mass is 273 g/mol. The number of rotatable bonds is 2. The van der Waals surface area contributed by atoms with Gasteiger partial charge in [-0.2, -0.15) is 13.2 Å². The van der Waals surface area contributed by atoms with Crippen LogP contribution in [0.4, 0.5) is 13.2 Å². The smallest absolute Gasteiger partial charge is 0.475 e. The maximum atomic E-state index is 10.9. The summed E-state index contributed by atoms with van der Waals surface area (Å²) in [6, 6.07) is -0.176. The van der Waals surface area contributed by atoms with E-state index in [1.54, 1.807) is 7.11 Å². The van der Waals surface area contributed by atoms with Crippen molar-refractivity contribution in [2.45, 2.75) is 24.7 Å². The molecule has 1 fully saturated rings. The molecule has 18 heavy (non-hydrogen) atoms. The molecule has 2 atom stereocenters. The van der Waals surface area contributed by atoms with Crippen molar-refractivity contribution in [3.8, 4) is 0 Å². The number of carbonyl (C=O) groups excluding carboxylic acids is 1. The third-order valence-electron chi connectivity index (χ3n) is 2.15. The Labute approximate surface area is 101 Å². The predicted octanol–water partition coefficient (Wildman–Crippen LogP) is 0.170. The van der Waals surface area contributed by atoms with Crippen molar-refractivity contribution in [1.82, 2.24) is 5.32 Å². The lowest BCUT2D eigenvalue weighted by Crippen LogP contribution is -2.31. The predicted molar refractivity (Wildman–Crippen MR) is 52.9 cm³/mol. The number of carboxylic acids is 1. The Morgan fingerprint density at radius 3 is 2.11 bits per heavy atom. The third-order valence-corrected chi connectivity index (χ3v) is 2.15. The number of aliphatic carboxylic acids is 1. The Hall–Kier alpha value is -1.35. The summed E-state index contributed by atoms with van der Waals surface area (Å²) in [5.41, 5.74) is 0. The highest BCUT2D eigenvalue weighted by Crippen LogP contribution is 2.13. The average Bonchev–Trinajstić information content (AvgIpc) is 2.76. The highest BCUT2D eigenvalue weighted by atomic mass is 19.4. The van der Waals surface area contributed by atoms with Gasteiger partial charge in [0.05, 0.1) is 13.2 Å². The number of carbonyl (C=O) groups is 2. The standard InChI is InChI=1S/C7H13NO3.C2HF3O2/c1-10-5-3-6(8-4-5)7(9)11-2;3-2(4,5)1(6)7/h5-6,8H,3-4H2,1-2H3;(H,6,7)/t5-,6+;/m1./s1. The van der Waals surface area contributed by atoms with Gasteiger partial charge in [0.1, 0.15) is 6.04 Å². The molecule has 1 aliphatic heterocycles. The molecule has 0 aliphatic carbocycles. The Balaban J connectivity index is 0.000000360. The molecule has 1 saturated heterocycles. The van der Waals surface area contributed by atoms with Crippen molar-refractivity contribution in [3.05, 3.63) is 0 Å². The summed E-state index contributed by atoms with van der Waals surface area (Å²) in [6.07, 6.45) is -4.22. The zero-order valence-electron chi connectivity index (χ0n) is 9.78. The van der Waals surface area contributed by atoms with Gasteiger partial charge in [-0.15, -0.1) is 0 Å². The lowest BCUT2D eigenvalue weighted by atomic mass is 10.2. The van der Waals surface area contributed by atoms with E-state index in [-0.39, 0.29) is 18.1 Å². The van der Waals surface area contributed by atoms with Gasteiger partial charge in [-0.05, 0) is 0 Å². The van der Waals surface area contributed by atoms with Gasteiger partial charge in [-0.25, -0.2) is 4.79 Å². The molecule has 0 saturated carbocycles. The van der Waals surface area contributed by atoms with Crippen LogP contribution in [0, 0.1) is 0 Å². The van der Waals surface area contributed by atoms with E-state index in [0.29, 0.717) is 6.42 Å². The summed E-state index contributed by atoms with van der Waals surface area (Å²) in [6.45, 7) is 0.732. The van der Waals surface area contributed by atoms with E-state index in [1.165, 1.54) is 7.11 Å². The highest BCUT2D eigenvalue weighted by molar-refractivity contribution is 5.76. The number of hydrogen-bond donors (Lipinski definition) is 2. The van der Waals surface area contributed by atoms with Crippen LogP contribution in [-0.4, -0.2) is 56.1 Å². The van der Waals surface area contributed by atoms with Gasteiger partial charge in [0, 0.05) is 20.1 Å². The number of nitrogens with one attached hydrogen (secondary N) is 1. The molecule has 1 heterocycles. The summed E-state index contributed by atoms with van der Waals surface area (Å²) >= 11 is 0. The summed E-state index contributed by atoms with van der Waals surface area (Å²) in [7, 11) is 3.04. The largest absolute Gasteiger partial charge is 0.490 e. The second kappa shape index (κ2) is 7.17. The molecule has 1 aliphatic rings. The second-order valence-electron chi connectivity index (χ2n) is 3.38. The van der Waals surface area contributed by atoms with Crippen LogP contribution < -0.4 is 5.32 Å². The Morgan fingerprint density at radius 2 is 1.83 bits per heavy atom. The first-order chi connectivity index (χ1) is 8.22. The molecule has 1 rings (SSSR count). The summed E-state index contributed by atoms with van der Waals surface area (Å²) in [5, 5.41) is 10.1. The minimum absolute atomic E-state index is 0.152. The van der Waals surface area contributed by atoms with Crippen LogP contribution >= 0.6 is 0 Å². The van der Waals surface area contributed by atoms with E-state index in [0.717, 1.165) is 6.54 Å². The maximum Gasteiger partial charge on any atom is 0.490 e. The molecule has 2 N–H and O–H groups in total. The van der Waals surface area contributed by atoms with E-state index >= 15 is 0 Å². The van der Waals surface area contributed by atoms with Crippen molar-refractivity contribution >= 4 is 11.9 Å². The first-order valence-corrected chi connectivity index (χ1v) is 4.86. The Morgan fingerprint density at radius 1 is 1.33 bits per heavy atom. The number of methoxy groups -OCH3 is 2. The average molecular weight is 273 g/mol. The quantitative estimate of drug-likeness (QED) is 0.698. The molecule has 6 nitrogen and oxygen atoms in total. The highest BCUT2D eigenvalue weighted by Gasteiger charge is 2.38. The van der Waals surface area contributed by atoms with Gasteiger partial charge >= 0.3 is 18.1 Å². The normalized spacial score (nSPS) is 22.9. The first kappa shape index (κ1) is 16.6. The molecule has 9 heteroatoms. The number of ether oxygens (including phenoxy) is 2. The van der Waals surface area contributed by atoms with Crippen LogP contribution in [0.15, 0.2) is 0 Å². The van der Waals surface area contributed by atoms with E-state index in [2.05, 4.69) is 10.1 Å². The molecule has 0 unspecified atom stereocenters. The van der Waals surface area contributed by atoms with Gasteiger partial charge in [0.15, 0.2) is 0 Å². The minimum Gasteiger partial charge on any atom is -0.475 e. The second-order valence-corrected chi connectivity index (χ2v) is 3.38. The van der Waals surface area contributed by atoms with E-state index in [4.69, 9.17) is 14.6 Å². The Kier molecular flexibility index (Phi) is 6.63. The number of esters is 1. The van der Waals surface area contributed by atoms with Gasteiger partial charge in [0.25, 0.3) is 0 Å². The van der Waals surface area contributed by atoms with Crippen molar-refractivity contribution < 1.29 is 37.3 Å². The molecule has 0 spiro atoms. The Bertz CT molecular complexity index is 294. The van der Waals surface area contributed by atoms with Crippen LogP contribution in [0.5, 0.6) is 0 Å². The number of carboxylic acid groups (broad SMARTS) is 1. The summed E-state index contributed by atoms with van der Waals surface area (Å²) in [5.74, 6) is -2.96. The summed E-state index contributed by atoms with van der Waals surface area (Å²) < 4.78 is 41.4. The fourth-order valence-corrected chi connectivity index (χ4v) is 1.20. The third kappa shape index (κ3) is 5.82. The fourth-order valence-electron chi connectivity index (χ4n) is 1.20. The van der Waals surface area contributed by atoms with Gasteiger partial charge in [0.2, 0.25) is 0 Å². The van der Waals surface area contributed by atoms with E-state index in [1.807, 2.05) is 0 Å². The maximum absolute atomic E-state index is 10.9. The van der Waals surface area contributed by atoms with Crippen LogP contribution in [0.2, 0.25) is 0 Å². The van der Waals surface area contributed by atoms with Gasteiger partial charge in [-0.3, -0.25) is 4.79 Å². The minimum atomic E-state index is -5.08. The topological polar surface area (TPSA) is 84.9 Å². The molecule has 0 radical (unpaired) electrons. The molecular weight excluding hydrogens is 259 g/mol. The molecule has 0 bridgehead atoms. The zero-order chi connectivity index (χ0) is 14.3. The van der Waals surface area contributed by atoms with Crippen molar-refractivity contribution in [3.63, 3.8) is 0 Å². The van der Waals surface area contributed by atoms with Crippen LogP contribution in [-0.2, 0) is 19.1 Å². The molecule has 0 aromatic carbocycles. The molecule has 106 valence electrons. The number of hydrogen-bond acceptors (Lipinski definition) is 5. The SMILES string of the molecule is COC(=O)[C@@H]1C[C@@H](OC)CN1.O=C(O)C(F)(F)F. The van der Waals surface area contributed by atoms with E-state index < -0.39 is 12.1 Å². The lowest BCUT2D eigenvalue weighted by molar-refractivity contribution is -0.192.